The number of ether oxygens (including phenoxy) is 2. The van der Waals surface area contributed by atoms with Crippen molar-refractivity contribution < 1.29 is 19.4 Å². The maximum absolute atomic E-state index is 13.5. The molecule has 34 heavy (non-hydrogen) atoms. The molecule has 1 amide bonds. The monoisotopic (exact) mass is 463 g/mol. The van der Waals surface area contributed by atoms with Crippen molar-refractivity contribution in [3.8, 4) is 28.5 Å². The number of rotatable bonds is 9. The van der Waals surface area contributed by atoms with E-state index in [9.17, 15) is 9.90 Å². The van der Waals surface area contributed by atoms with Crippen LogP contribution in [0.5, 0.6) is 17.2 Å². The van der Waals surface area contributed by atoms with Crippen LogP contribution in [-0.2, 0) is 0 Å². The molecule has 2 aromatic carbocycles. The van der Waals surface area contributed by atoms with Crippen LogP contribution in [0, 0.1) is 13.8 Å². The van der Waals surface area contributed by atoms with Crippen LogP contribution in [0.1, 0.15) is 71.9 Å². The molecule has 2 N–H and O–H groups in total. The first-order valence-electron chi connectivity index (χ1n) is 11.9. The van der Waals surface area contributed by atoms with Gasteiger partial charge < -0.3 is 19.5 Å². The van der Waals surface area contributed by atoms with Crippen LogP contribution in [-0.4, -0.2) is 46.4 Å². The molecule has 1 unspecified atom stereocenters. The molecule has 1 aliphatic rings. The van der Waals surface area contributed by atoms with E-state index < -0.39 is 0 Å². The van der Waals surface area contributed by atoms with Gasteiger partial charge in [0.15, 0.2) is 11.5 Å². The van der Waals surface area contributed by atoms with Gasteiger partial charge in [0.05, 0.1) is 19.8 Å². The van der Waals surface area contributed by atoms with E-state index in [0.29, 0.717) is 41.6 Å². The fourth-order valence-corrected chi connectivity index (χ4v) is 4.78. The maximum Gasteiger partial charge on any atom is 0.273 e. The highest BCUT2D eigenvalue weighted by molar-refractivity contribution is 6.00. The first kappa shape index (κ1) is 23.7. The normalized spacial score (nSPS) is 15.0. The van der Waals surface area contributed by atoms with E-state index in [1.165, 1.54) is 0 Å². The lowest BCUT2D eigenvalue weighted by Gasteiger charge is -2.27. The van der Waals surface area contributed by atoms with Crippen molar-refractivity contribution in [2.45, 2.75) is 53.0 Å². The number of aromatic nitrogens is 2. The Kier molecular flexibility index (Phi) is 6.82. The van der Waals surface area contributed by atoms with E-state index in [1.54, 1.807) is 7.11 Å². The topological polar surface area (TPSA) is 87.7 Å². The highest BCUT2D eigenvalue weighted by atomic mass is 16.5. The SMILES string of the molecule is CCCCCN1C(=O)c2[nH]nc(-c3cc(C)cc(C)c3O)c2C1c1ccc(OCC)c(OC)c1. The molecule has 1 atom stereocenters. The van der Waals surface area contributed by atoms with Crippen molar-refractivity contribution >= 4 is 5.91 Å². The van der Waals surface area contributed by atoms with Crippen molar-refractivity contribution in [3.63, 3.8) is 0 Å². The number of aryl methyl sites for hydroxylation is 2. The zero-order valence-electron chi connectivity index (χ0n) is 20.6. The average molecular weight is 464 g/mol. The molecule has 0 spiro atoms. The Morgan fingerprint density at radius 1 is 1.12 bits per heavy atom. The van der Waals surface area contributed by atoms with Crippen molar-refractivity contribution in [2.75, 3.05) is 20.3 Å². The number of fused-ring (bicyclic) bond motifs is 1. The number of hydrogen-bond acceptors (Lipinski definition) is 5. The van der Waals surface area contributed by atoms with Gasteiger partial charge in [-0.1, -0.05) is 31.9 Å². The van der Waals surface area contributed by atoms with Gasteiger partial charge >= 0.3 is 0 Å². The summed E-state index contributed by atoms with van der Waals surface area (Å²) < 4.78 is 11.3. The Morgan fingerprint density at radius 3 is 2.62 bits per heavy atom. The Morgan fingerprint density at radius 2 is 1.91 bits per heavy atom. The molecule has 0 saturated heterocycles. The highest BCUT2D eigenvalue weighted by Gasteiger charge is 2.42. The second-order valence-electron chi connectivity index (χ2n) is 8.79. The summed E-state index contributed by atoms with van der Waals surface area (Å²) in [5, 5.41) is 18.4. The Labute approximate surface area is 200 Å². The molecular formula is C27H33N3O4. The zero-order chi connectivity index (χ0) is 24.4. The van der Waals surface area contributed by atoms with E-state index in [4.69, 9.17) is 9.47 Å². The molecule has 180 valence electrons. The van der Waals surface area contributed by atoms with E-state index in [1.807, 2.05) is 56.0 Å². The van der Waals surface area contributed by atoms with Gasteiger partial charge in [-0.15, -0.1) is 0 Å². The average Bonchev–Trinajstić information content (AvgIpc) is 3.36. The van der Waals surface area contributed by atoms with E-state index >= 15 is 0 Å². The molecule has 3 aromatic rings. The lowest BCUT2D eigenvalue weighted by molar-refractivity contribution is 0.0740. The quantitative estimate of drug-likeness (QED) is 0.407. The molecular weight excluding hydrogens is 430 g/mol. The number of carbonyl (C=O) groups is 1. The van der Waals surface area contributed by atoms with Crippen molar-refractivity contribution in [2.24, 2.45) is 0 Å². The summed E-state index contributed by atoms with van der Waals surface area (Å²) in [5.74, 6) is 1.38. The number of H-pyrrole nitrogens is 1. The van der Waals surface area contributed by atoms with Crippen LogP contribution >= 0.6 is 0 Å². The molecule has 7 nitrogen and oxygen atoms in total. The van der Waals surface area contributed by atoms with Crippen molar-refractivity contribution in [3.05, 3.63) is 58.3 Å². The van der Waals surface area contributed by atoms with Gasteiger partial charge in [-0.25, -0.2) is 0 Å². The predicted octanol–water partition coefficient (Wildman–Crippen LogP) is 5.54. The second kappa shape index (κ2) is 9.79. The number of unbranched alkanes of at least 4 members (excludes halogenated alkanes) is 2. The number of methoxy groups -OCH3 is 1. The lowest BCUT2D eigenvalue weighted by atomic mass is 9.93. The smallest absolute Gasteiger partial charge is 0.273 e. The van der Waals surface area contributed by atoms with Crippen LogP contribution < -0.4 is 9.47 Å². The maximum atomic E-state index is 13.5. The number of hydrogen-bond donors (Lipinski definition) is 2. The van der Waals surface area contributed by atoms with Gasteiger partial charge in [0, 0.05) is 17.7 Å². The number of aromatic hydroxyl groups is 1. The van der Waals surface area contributed by atoms with Crippen LogP contribution in [0.3, 0.4) is 0 Å². The van der Waals surface area contributed by atoms with E-state index in [0.717, 1.165) is 41.5 Å². The van der Waals surface area contributed by atoms with Gasteiger partial charge in [0.1, 0.15) is 17.1 Å². The number of benzene rings is 2. The number of amides is 1. The largest absolute Gasteiger partial charge is 0.507 e. The molecule has 0 saturated carbocycles. The number of nitrogens with one attached hydrogen (secondary N) is 1. The molecule has 0 fully saturated rings. The Bertz CT molecular complexity index is 1200. The number of phenols is 1. The number of carbonyl (C=O) groups excluding carboxylic acids is 1. The molecule has 0 radical (unpaired) electrons. The number of aromatic amines is 1. The van der Waals surface area contributed by atoms with Crippen molar-refractivity contribution in [1.82, 2.24) is 15.1 Å². The summed E-state index contributed by atoms with van der Waals surface area (Å²) >= 11 is 0. The third-order valence-electron chi connectivity index (χ3n) is 6.37. The van der Waals surface area contributed by atoms with Crippen LogP contribution in [0.15, 0.2) is 30.3 Å². The Hall–Kier alpha value is -3.48. The molecule has 2 heterocycles. The lowest BCUT2D eigenvalue weighted by Crippen LogP contribution is -2.30. The minimum atomic E-state index is -0.349. The first-order valence-corrected chi connectivity index (χ1v) is 11.9. The highest BCUT2D eigenvalue weighted by Crippen LogP contribution is 2.46. The minimum absolute atomic E-state index is 0.0773. The molecule has 1 aliphatic heterocycles. The summed E-state index contributed by atoms with van der Waals surface area (Å²) in [5.41, 5.74) is 5.19. The summed E-state index contributed by atoms with van der Waals surface area (Å²) in [7, 11) is 1.61. The summed E-state index contributed by atoms with van der Waals surface area (Å²) in [6.07, 6.45) is 3.02. The van der Waals surface area contributed by atoms with Crippen LogP contribution in [0.2, 0.25) is 0 Å². The predicted molar refractivity (Wildman–Crippen MR) is 132 cm³/mol. The molecule has 4 rings (SSSR count). The minimum Gasteiger partial charge on any atom is -0.507 e. The second-order valence-corrected chi connectivity index (χ2v) is 8.79. The zero-order valence-corrected chi connectivity index (χ0v) is 20.6. The molecule has 7 heteroatoms. The standard InChI is InChI=1S/C27H33N3O4/c1-6-8-9-12-30-25(18-10-11-20(34-7-2)21(15-18)33-5)22-23(28-29-24(22)27(30)32)19-14-16(3)13-17(4)26(19)31/h10-11,13-15,25,31H,6-9,12H2,1-5H3,(H,28,29). The van der Waals surface area contributed by atoms with E-state index in [2.05, 4.69) is 17.1 Å². The van der Waals surface area contributed by atoms with Gasteiger partial charge in [0.25, 0.3) is 5.91 Å². The Balaban J connectivity index is 1.88. The van der Waals surface area contributed by atoms with Gasteiger partial charge in [-0.05, 0) is 62.1 Å². The van der Waals surface area contributed by atoms with Gasteiger partial charge in [-0.3, -0.25) is 9.89 Å². The molecule has 0 aliphatic carbocycles. The fraction of sp³-hybridized carbons (Fsp3) is 0.407. The fourth-order valence-electron chi connectivity index (χ4n) is 4.78. The first-order chi connectivity index (χ1) is 16.4. The molecule has 1 aromatic heterocycles. The van der Waals surface area contributed by atoms with Gasteiger partial charge in [0.2, 0.25) is 0 Å². The molecule has 0 bridgehead atoms. The third-order valence-corrected chi connectivity index (χ3v) is 6.37. The summed E-state index contributed by atoms with van der Waals surface area (Å²) in [6, 6.07) is 9.30. The number of nitrogens with zero attached hydrogens (tertiary/aromatic N) is 2. The van der Waals surface area contributed by atoms with Crippen molar-refractivity contribution in [1.29, 1.82) is 0 Å². The van der Waals surface area contributed by atoms with Gasteiger partial charge in [-0.2, -0.15) is 5.10 Å². The number of phenolic OH excluding ortho intramolecular Hbond substituents is 1. The summed E-state index contributed by atoms with van der Waals surface area (Å²) in [6.45, 7) is 9.10. The summed E-state index contributed by atoms with van der Waals surface area (Å²) in [4.78, 5) is 15.4. The van der Waals surface area contributed by atoms with Crippen LogP contribution in [0.25, 0.3) is 11.3 Å². The van der Waals surface area contributed by atoms with Crippen LogP contribution in [0.4, 0.5) is 0 Å². The van der Waals surface area contributed by atoms with E-state index in [-0.39, 0.29) is 17.7 Å². The third kappa shape index (κ3) is 4.11.